The number of hydrogen-bond donors (Lipinski definition) is 2. The number of benzene rings is 2. The van der Waals surface area contributed by atoms with Gasteiger partial charge in [-0.2, -0.15) is 0 Å². The van der Waals surface area contributed by atoms with Gasteiger partial charge in [0.25, 0.3) is 0 Å². The van der Waals surface area contributed by atoms with E-state index in [1.165, 1.54) is 24.8 Å². The number of carboxylic acid groups (broad SMARTS) is 1. The van der Waals surface area contributed by atoms with Crippen LogP contribution in [0.25, 0.3) is 22.2 Å². The lowest BCUT2D eigenvalue weighted by Crippen LogP contribution is -2.45. The average molecular weight is 505 g/mol. The van der Waals surface area contributed by atoms with Crippen LogP contribution in [0.15, 0.2) is 36.4 Å². The molecule has 1 atom stereocenters. The molecule has 5 rings (SSSR count). The first-order valence-electron chi connectivity index (χ1n) is 13.2. The highest BCUT2D eigenvalue weighted by atomic mass is 16.6. The molecular formula is C30H36N2O5. The number of alkyl carbamates (subject to hydrolysis) is 1. The van der Waals surface area contributed by atoms with Gasteiger partial charge in [-0.1, -0.05) is 37.5 Å². The minimum atomic E-state index is -0.953. The molecule has 0 saturated heterocycles. The molecule has 1 fully saturated rings. The van der Waals surface area contributed by atoms with Gasteiger partial charge in [0.15, 0.2) is 0 Å². The number of carboxylic acids is 1. The fourth-order valence-corrected chi connectivity index (χ4v) is 5.86. The van der Waals surface area contributed by atoms with E-state index in [9.17, 15) is 14.7 Å². The number of hydrogen-bond acceptors (Lipinski definition) is 4. The summed E-state index contributed by atoms with van der Waals surface area (Å²) in [6, 6.07) is 11.1. The fraction of sp³-hybridized carbons (Fsp3) is 0.467. The maximum atomic E-state index is 12.7. The van der Waals surface area contributed by atoms with Crippen LogP contribution in [0.5, 0.6) is 5.75 Å². The van der Waals surface area contributed by atoms with Gasteiger partial charge in [0.1, 0.15) is 18.0 Å². The van der Waals surface area contributed by atoms with E-state index in [4.69, 9.17) is 9.47 Å². The number of ether oxygens (including phenoxy) is 2. The van der Waals surface area contributed by atoms with E-state index < -0.39 is 17.7 Å². The molecule has 0 bridgehead atoms. The van der Waals surface area contributed by atoms with Crippen LogP contribution in [-0.4, -0.2) is 40.0 Å². The van der Waals surface area contributed by atoms with Gasteiger partial charge in [-0.25, -0.2) is 9.59 Å². The lowest BCUT2D eigenvalue weighted by molar-refractivity contribution is 0.0480. The van der Waals surface area contributed by atoms with Crippen LogP contribution in [0.4, 0.5) is 4.79 Å². The van der Waals surface area contributed by atoms with Crippen molar-refractivity contribution in [3.05, 3.63) is 53.1 Å². The first kappa shape index (κ1) is 25.2. The molecule has 0 spiro atoms. The minimum Gasteiger partial charge on any atom is -0.491 e. The topological polar surface area (TPSA) is 89.8 Å². The monoisotopic (exact) mass is 504 g/mol. The molecule has 3 aromatic rings. The van der Waals surface area contributed by atoms with Crippen molar-refractivity contribution < 1.29 is 24.2 Å². The van der Waals surface area contributed by atoms with Crippen LogP contribution < -0.4 is 10.1 Å². The van der Waals surface area contributed by atoms with Gasteiger partial charge in [-0.15, -0.1) is 0 Å². The van der Waals surface area contributed by atoms with E-state index in [1.807, 2.05) is 39.0 Å². The lowest BCUT2D eigenvalue weighted by Gasteiger charge is -2.29. The predicted octanol–water partition coefficient (Wildman–Crippen LogP) is 6.65. The van der Waals surface area contributed by atoms with Gasteiger partial charge in [-0.3, -0.25) is 0 Å². The number of rotatable bonds is 3. The zero-order valence-corrected chi connectivity index (χ0v) is 22.1. The Bertz CT molecular complexity index is 1340. The van der Waals surface area contributed by atoms with Crippen LogP contribution in [-0.2, 0) is 11.3 Å². The van der Waals surface area contributed by atoms with Gasteiger partial charge in [-0.05, 0) is 75.8 Å². The molecule has 2 aliphatic rings. The number of carbonyl (C=O) groups excluding carboxylic acids is 1. The predicted molar refractivity (Wildman–Crippen MR) is 144 cm³/mol. The highest BCUT2D eigenvalue weighted by Crippen LogP contribution is 2.48. The number of carbonyl (C=O) groups is 2. The number of aromatic carboxylic acids is 1. The quantitative estimate of drug-likeness (QED) is 0.417. The SMILES string of the molecule is Cc1cccc2c1-c1c(C3CCCCC3)c3ccc(C(=O)O)cc3n1C[C@@H](NC(=O)OC(C)(C)C)CO2. The lowest BCUT2D eigenvalue weighted by atomic mass is 9.81. The molecule has 2 aromatic carbocycles. The zero-order chi connectivity index (χ0) is 26.3. The van der Waals surface area contributed by atoms with Crippen molar-refractivity contribution in [1.82, 2.24) is 9.88 Å². The summed E-state index contributed by atoms with van der Waals surface area (Å²) in [4.78, 5) is 24.7. The summed E-state index contributed by atoms with van der Waals surface area (Å²) in [6.07, 6.45) is 5.33. The van der Waals surface area contributed by atoms with Crippen LogP contribution in [0.2, 0.25) is 0 Å². The van der Waals surface area contributed by atoms with E-state index in [0.29, 0.717) is 12.5 Å². The van der Waals surface area contributed by atoms with E-state index >= 15 is 0 Å². The van der Waals surface area contributed by atoms with Crippen LogP contribution >= 0.6 is 0 Å². The Labute approximate surface area is 217 Å². The molecule has 1 aliphatic carbocycles. The Morgan fingerprint density at radius 3 is 2.57 bits per heavy atom. The third-order valence-electron chi connectivity index (χ3n) is 7.40. The zero-order valence-electron chi connectivity index (χ0n) is 22.1. The smallest absolute Gasteiger partial charge is 0.408 e. The number of fused-ring (bicyclic) bond motifs is 5. The maximum Gasteiger partial charge on any atom is 0.408 e. The number of nitrogens with zero attached hydrogens (tertiary/aromatic N) is 1. The van der Waals surface area contributed by atoms with Crippen molar-refractivity contribution >= 4 is 23.0 Å². The van der Waals surface area contributed by atoms with Crippen molar-refractivity contribution in [2.75, 3.05) is 6.61 Å². The average Bonchev–Trinajstić information content (AvgIpc) is 3.13. The third kappa shape index (κ3) is 5.04. The summed E-state index contributed by atoms with van der Waals surface area (Å²) in [7, 11) is 0. The molecular weight excluding hydrogens is 468 g/mol. The Kier molecular flexibility index (Phi) is 6.65. The molecule has 0 unspecified atom stereocenters. The van der Waals surface area contributed by atoms with Gasteiger partial charge in [0.2, 0.25) is 0 Å². The molecule has 2 N–H and O–H groups in total. The summed E-state index contributed by atoms with van der Waals surface area (Å²) < 4.78 is 14.1. The molecule has 0 radical (unpaired) electrons. The third-order valence-corrected chi connectivity index (χ3v) is 7.40. The Balaban J connectivity index is 1.73. The summed E-state index contributed by atoms with van der Waals surface area (Å²) in [5.74, 6) is 0.202. The number of aromatic nitrogens is 1. The minimum absolute atomic E-state index is 0.253. The Morgan fingerprint density at radius 1 is 1.11 bits per heavy atom. The van der Waals surface area contributed by atoms with E-state index in [2.05, 4.69) is 22.9 Å². The standard InChI is InChI=1S/C30H36N2O5/c1-18-9-8-12-24-25(18)27-26(19-10-6-5-7-11-19)22-14-13-20(28(33)34)15-23(22)32(27)16-21(17-36-24)31-29(35)37-30(2,3)4/h8-9,12-15,19,21H,5-7,10-11,16-17H2,1-4H3,(H,31,35)(H,33,34)/t21-/m1/s1. The molecule has 1 aromatic heterocycles. The molecule has 1 aliphatic heterocycles. The summed E-state index contributed by atoms with van der Waals surface area (Å²) in [5, 5.41) is 13.9. The first-order chi connectivity index (χ1) is 17.6. The van der Waals surface area contributed by atoms with Crippen LogP contribution in [0.1, 0.15) is 80.3 Å². The van der Waals surface area contributed by atoms with Crippen molar-refractivity contribution in [3.8, 4) is 17.0 Å². The molecule has 37 heavy (non-hydrogen) atoms. The van der Waals surface area contributed by atoms with Crippen molar-refractivity contribution in [1.29, 1.82) is 0 Å². The van der Waals surface area contributed by atoms with Crippen LogP contribution in [0.3, 0.4) is 0 Å². The van der Waals surface area contributed by atoms with Crippen molar-refractivity contribution in [3.63, 3.8) is 0 Å². The van der Waals surface area contributed by atoms with Gasteiger partial charge in [0.05, 0.1) is 17.3 Å². The number of nitrogens with one attached hydrogen (secondary N) is 1. The Hall–Kier alpha value is -3.48. The van der Waals surface area contributed by atoms with Gasteiger partial charge >= 0.3 is 12.1 Å². The van der Waals surface area contributed by atoms with E-state index in [1.54, 1.807) is 12.1 Å². The second-order valence-corrected chi connectivity index (χ2v) is 11.3. The summed E-state index contributed by atoms with van der Waals surface area (Å²) in [5.41, 5.74) is 5.01. The second-order valence-electron chi connectivity index (χ2n) is 11.3. The maximum absolute atomic E-state index is 12.7. The molecule has 7 heteroatoms. The number of aryl methyl sites for hydroxylation is 1. The van der Waals surface area contributed by atoms with E-state index in [0.717, 1.165) is 46.3 Å². The van der Waals surface area contributed by atoms with Crippen LogP contribution in [0, 0.1) is 6.92 Å². The molecule has 1 amide bonds. The normalized spacial score (nSPS) is 18.2. The van der Waals surface area contributed by atoms with Crippen molar-refractivity contribution in [2.45, 2.75) is 83.9 Å². The second kappa shape index (κ2) is 9.77. The molecule has 196 valence electrons. The largest absolute Gasteiger partial charge is 0.491 e. The van der Waals surface area contributed by atoms with Gasteiger partial charge < -0.3 is 24.5 Å². The highest BCUT2D eigenvalue weighted by molar-refractivity contribution is 5.99. The van der Waals surface area contributed by atoms with Gasteiger partial charge in [0, 0.05) is 23.0 Å². The fourth-order valence-electron chi connectivity index (χ4n) is 5.86. The first-order valence-corrected chi connectivity index (χ1v) is 13.2. The summed E-state index contributed by atoms with van der Waals surface area (Å²) >= 11 is 0. The molecule has 1 saturated carbocycles. The summed E-state index contributed by atoms with van der Waals surface area (Å²) in [6.45, 7) is 8.31. The number of amides is 1. The molecule has 7 nitrogen and oxygen atoms in total. The van der Waals surface area contributed by atoms with Crippen molar-refractivity contribution in [2.24, 2.45) is 0 Å². The Morgan fingerprint density at radius 2 is 1.86 bits per heavy atom. The van der Waals surface area contributed by atoms with E-state index in [-0.39, 0.29) is 18.2 Å². The highest BCUT2D eigenvalue weighted by Gasteiger charge is 2.32. The molecule has 2 heterocycles.